The Morgan fingerprint density at radius 1 is 1.88 bits per heavy atom. The van der Waals surface area contributed by atoms with Crippen molar-refractivity contribution >= 4 is 13.4 Å². The molecule has 0 bridgehead atoms. The number of carbonyl (C=O) groups is 1. The molecular weight excluding hydrogens is 103 g/mol. The number of carbonyl (C=O) groups excluding carboxylic acids is 1. The lowest BCUT2D eigenvalue weighted by Crippen LogP contribution is -2.29. The number of urea groups is 1. The molecule has 0 saturated carbocycles. The molecule has 1 heterocycles. The topological polar surface area (TPSA) is 32.3 Å². The Labute approximate surface area is 49.3 Å². The minimum atomic E-state index is 0.0208. The molecule has 8 heavy (non-hydrogen) atoms. The fourth-order valence-electron chi connectivity index (χ4n) is 0.733. The minimum Gasteiger partial charge on any atom is -0.372 e. The molecule has 1 rings (SSSR count). The van der Waals surface area contributed by atoms with Gasteiger partial charge in [-0.25, -0.2) is 0 Å². The van der Waals surface area contributed by atoms with Gasteiger partial charge in [0.2, 0.25) is 7.41 Å². The van der Waals surface area contributed by atoms with Crippen LogP contribution in [0.2, 0.25) is 6.82 Å². The van der Waals surface area contributed by atoms with E-state index in [2.05, 4.69) is 5.32 Å². The van der Waals surface area contributed by atoms with Gasteiger partial charge in [-0.05, 0) is 0 Å². The van der Waals surface area contributed by atoms with E-state index in [1.54, 1.807) is 12.2 Å². The van der Waals surface area contributed by atoms with Gasteiger partial charge in [0.25, 0.3) is 0 Å². The first-order valence-electron chi connectivity index (χ1n) is 2.68. The molecule has 0 aromatic heterocycles. The predicted octanol–water partition coefficient (Wildman–Crippen LogP) is -0.321. The summed E-state index contributed by atoms with van der Waals surface area (Å²) in [5.41, 5.74) is 0. The van der Waals surface area contributed by atoms with Gasteiger partial charge in [0.05, 0.1) is 0 Å². The van der Waals surface area contributed by atoms with Crippen LogP contribution in [-0.2, 0) is 0 Å². The molecule has 0 unspecified atom stereocenters. The van der Waals surface area contributed by atoms with E-state index in [9.17, 15) is 4.79 Å². The third-order valence-electron chi connectivity index (χ3n) is 1.20. The van der Waals surface area contributed by atoms with Crippen LogP contribution in [0.4, 0.5) is 4.79 Å². The van der Waals surface area contributed by atoms with E-state index in [1.165, 1.54) is 0 Å². The molecule has 43 valence electrons. The second-order valence-corrected chi connectivity index (χ2v) is 1.68. The van der Waals surface area contributed by atoms with E-state index in [1.807, 2.05) is 6.82 Å². The van der Waals surface area contributed by atoms with Crippen LogP contribution in [0.25, 0.3) is 0 Å². The zero-order valence-electron chi connectivity index (χ0n) is 4.85. The fourth-order valence-corrected chi connectivity index (χ4v) is 0.733. The van der Waals surface area contributed by atoms with Gasteiger partial charge in [0.1, 0.15) is 0 Å². The van der Waals surface area contributed by atoms with Crippen LogP contribution in [0.15, 0.2) is 0 Å². The smallest absolute Gasteiger partial charge is 0.304 e. The van der Waals surface area contributed by atoms with Crippen molar-refractivity contribution < 1.29 is 4.79 Å². The molecule has 0 aliphatic carbocycles. The molecule has 1 N–H and O–H groups in total. The van der Waals surface area contributed by atoms with E-state index in [0.29, 0.717) is 0 Å². The van der Waals surface area contributed by atoms with Crippen molar-refractivity contribution in [3.8, 4) is 0 Å². The summed E-state index contributed by atoms with van der Waals surface area (Å²) in [6, 6.07) is 0.0208. The van der Waals surface area contributed by atoms with Crippen molar-refractivity contribution in [2.75, 3.05) is 13.1 Å². The van der Waals surface area contributed by atoms with Crippen LogP contribution < -0.4 is 5.32 Å². The first-order valence-corrected chi connectivity index (χ1v) is 2.68. The largest absolute Gasteiger partial charge is 0.372 e. The lowest BCUT2D eigenvalue weighted by molar-refractivity contribution is 0.236. The summed E-state index contributed by atoms with van der Waals surface area (Å²) in [7, 11) is 1.78. The first-order chi connectivity index (χ1) is 3.84. The van der Waals surface area contributed by atoms with E-state index >= 15 is 0 Å². The third kappa shape index (κ3) is 0.780. The Balaban J connectivity index is 2.42. The number of hydrogen-bond donors (Lipinski definition) is 1. The molecule has 0 aromatic carbocycles. The molecular formula is C4H8BN2O. The number of nitrogens with one attached hydrogen (secondary N) is 1. The highest BCUT2D eigenvalue weighted by molar-refractivity contribution is 6.35. The molecule has 2 amide bonds. The quantitative estimate of drug-likeness (QED) is 0.462. The Kier molecular flexibility index (Phi) is 1.42. The molecule has 1 saturated heterocycles. The SMILES string of the molecule is C[B]N1CCNC1=O. The van der Waals surface area contributed by atoms with Crippen molar-refractivity contribution in [1.29, 1.82) is 0 Å². The summed E-state index contributed by atoms with van der Waals surface area (Å²) in [4.78, 5) is 12.2. The average molecular weight is 111 g/mol. The highest BCUT2D eigenvalue weighted by atomic mass is 16.2. The Hall–Kier alpha value is -0.665. The molecule has 4 heteroatoms. The normalized spacial score (nSPS) is 18.6. The highest BCUT2D eigenvalue weighted by Crippen LogP contribution is 1.91. The molecule has 0 atom stereocenters. The summed E-state index contributed by atoms with van der Waals surface area (Å²) in [5.74, 6) is 0. The summed E-state index contributed by atoms with van der Waals surface area (Å²) in [5, 5.41) is 2.68. The summed E-state index contributed by atoms with van der Waals surface area (Å²) < 4.78 is 0. The zero-order valence-corrected chi connectivity index (χ0v) is 4.85. The van der Waals surface area contributed by atoms with Crippen molar-refractivity contribution in [2.45, 2.75) is 6.82 Å². The van der Waals surface area contributed by atoms with Crippen LogP contribution in [0.1, 0.15) is 0 Å². The van der Waals surface area contributed by atoms with Crippen molar-refractivity contribution in [3.63, 3.8) is 0 Å². The molecule has 0 aromatic rings. The lowest BCUT2D eigenvalue weighted by atomic mass is 9.97. The van der Waals surface area contributed by atoms with E-state index < -0.39 is 0 Å². The molecule has 0 spiro atoms. The van der Waals surface area contributed by atoms with Crippen molar-refractivity contribution in [1.82, 2.24) is 10.1 Å². The molecule has 1 radical (unpaired) electrons. The summed E-state index contributed by atoms with van der Waals surface area (Å²) in [6.45, 7) is 3.45. The third-order valence-corrected chi connectivity index (χ3v) is 1.20. The van der Waals surface area contributed by atoms with Crippen LogP contribution in [-0.4, -0.2) is 31.3 Å². The minimum absolute atomic E-state index is 0.0208. The van der Waals surface area contributed by atoms with E-state index in [4.69, 9.17) is 0 Å². The second kappa shape index (κ2) is 2.07. The van der Waals surface area contributed by atoms with Gasteiger partial charge in [-0.3, -0.25) is 4.79 Å². The van der Waals surface area contributed by atoms with E-state index in [-0.39, 0.29) is 6.03 Å². The first kappa shape index (κ1) is 5.47. The van der Waals surface area contributed by atoms with Gasteiger partial charge in [0.15, 0.2) is 0 Å². The number of hydrogen-bond acceptors (Lipinski definition) is 1. The molecule has 1 aliphatic heterocycles. The maximum atomic E-state index is 10.6. The maximum absolute atomic E-state index is 10.6. The van der Waals surface area contributed by atoms with Crippen LogP contribution >= 0.6 is 0 Å². The van der Waals surface area contributed by atoms with Gasteiger partial charge >= 0.3 is 6.03 Å². The lowest BCUT2D eigenvalue weighted by Gasteiger charge is -2.07. The second-order valence-electron chi connectivity index (χ2n) is 1.68. The standard InChI is InChI=1S/C4H8BN2O/c1-5-7-3-2-6-4(7)8/h2-3H2,1H3,(H,6,8). The van der Waals surface area contributed by atoms with Crippen LogP contribution in [0.5, 0.6) is 0 Å². The van der Waals surface area contributed by atoms with Crippen molar-refractivity contribution in [2.24, 2.45) is 0 Å². The Morgan fingerprint density at radius 2 is 2.62 bits per heavy atom. The fraction of sp³-hybridized carbons (Fsp3) is 0.750. The number of rotatable bonds is 1. The van der Waals surface area contributed by atoms with Gasteiger partial charge in [-0.15, -0.1) is 0 Å². The van der Waals surface area contributed by atoms with E-state index in [0.717, 1.165) is 13.1 Å². The maximum Gasteiger partial charge on any atom is 0.304 e. The van der Waals surface area contributed by atoms with Gasteiger partial charge in [-0.1, -0.05) is 6.82 Å². The predicted molar refractivity (Wildman–Crippen MR) is 31.7 cm³/mol. The monoisotopic (exact) mass is 111 g/mol. The number of nitrogens with zero attached hydrogens (tertiary/aromatic N) is 1. The summed E-state index contributed by atoms with van der Waals surface area (Å²) in [6.07, 6.45) is 0. The Morgan fingerprint density at radius 3 is 2.88 bits per heavy atom. The zero-order chi connectivity index (χ0) is 5.98. The van der Waals surface area contributed by atoms with Crippen LogP contribution in [0.3, 0.4) is 0 Å². The molecule has 1 aliphatic rings. The molecule has 3 nitrogen and oxygen atoms in total. The average Bonchev–Trinajstić information content (AvgIpc) is 2.14. The van der Waals surface area contributed by atoms with Gasteiger partial charge in [-0.2, -0.15) is 0 Å². The van der Waals surface area contributed by atoms with Crippen LogP contribution in [0, 0.1) is 0 Å². The Bertz CT molecular complexity index is 106. The molecule has 1 fully saturated rings. The summed E-state index contributed by atoms with van der Waals surface area (Å²) >= 11 is 0. The number of amides is 2. The highest BCUT2D eigenvalue weighted by Gasteiger charge is 2.16. The van der Waals surface area contributed by atoms with Gasteiger partial charge in [0, 0.05) is 13.1 Å². The van der Waals surface area contributed by atoms with Gasteiger partial charge < -0.3 is 10.1 Å². The van der Waals surface area contributed by atoms with Crippen molar-refractivity contribution in [3.05, 3.63) is 0 Å².